The van der Waals surface area contributed by atoms with E-state index in [-0.39, 0.29) is 20.4 Å². The molecule has 0 aliphatic heterocycles. The molecule has 0 aliphatic carbocycles. The van der Waals surface area contributed by atoms with Gasteiger partial charge in [-0.15, -0.1) is 11.3 Å². The average molecular weight is 554 g/mol. The van der Waals surface area contributed by atoms with Crippen molar-refractivity contribution >= 4 is 78.6 Å². The fourth-order valence-electron chi connectivity index (χ4n) is 2.95. The highest BCUT2D eigenvalue weighted by Crippen LogP contribution is 2.34. The normalized spacial score (nSPS) is 10.9. The number of benzene rings is 2. The predicted molar refractivity (Wildman–Crippen MR) is 140 cm³/mol. The maximum Gasteiger partial charge on any atom is 0.348 e. The van der Waals surface area contributed by atoms with Crippen molar-refractivity contribution in [2.75, 3.05) is 29.6 Å². The number of nitrogens with one attached hydrogen (secondary N) is 3. The minimum Gasteiger partial charge on any atom is -0.465 e. The van der Waals surface area contributed by atoms with Crippen LogP contribution in [-0.2, 0) is 19.5 Å². The largest absolute Gasteiger partial charge is 0.465 e. The number of anilines is 3. The first-order valence-corrected chi connectivity index (χ1v) is 12.9. The van der Waals surface area contributed by atoms with Gasteiger partial charge >= 0.3 is 11.9 Å². The topological polar surface area (TPSA) is 123 Å². The van der Waals surface area contributed by atoms with Gasteiger partial charge in [0.15, 0.2) is 5.11 Å². The number of thiocarbonyl (C=S) groups is 1. The lowest BCUT2D eigenvalue weighted by molar-refractivity contribution is 0.0601. The van der Waals surface area contributed by atoms with Crippen molar-refractivity contribution in [3.8, 4) is 0 Å². The molecule has 1 heterocycles. The number of carbonyl (C=O) groups is 2. The molecular weight excluding hydrogens is 534 g/mol. The third-order valence-electron chi connectivity index (χ3n) is 4.65. The van der Waals surface area contributed by atoms with Gasteiger partial charge in [0.05, 0.1) is 24.7 Å². The Labute approximate surface area is 216 Å². The van der Waals surface area contributed by atoms with E-state index in [1.54, 1.807) is 31.2 Å². The molecule has 2 aromatic carbocycles. The molecule has 3 rings (SSSR count). The van der Waals surface area contributed by atoms with Crippen molar-refractivity contribution in [3.05, 3.63) is 69.6 Å². The van der Waals surface area contributed by atoms with E-state index >= 15 is 0 Å². The summed E-state index contributed by atoms with van der Waals surface area (Å²) in [4.78, 5) is 24.6. The molecule has 1 aromatic heterocycles. The molecule has 0 spiro atoms. The summed E-state index contributed by atoms with van der Waals surface area (Å²) in [6, 6.07) is 12.2. The van der Waals surface area contributed by atoms with Gasteiger partial charge in [-0.3, -0.25) is 4.72 Å². The first kappa shape index (κ1) is 26.4. The molecule has 0 unspecified atom stereocenters. The number of thiophene rings is 1. The van der Waals surface area contributed by atoms with Gasteiger partial charge < -0.3 is 20.1 Å². The Morgan fingerprint density at radius 1 is 0.914 bits per heavy atom. The smallest absolute Gasteiger partial charge is 0.348 e. The summed E-state index contributed by atoms with van der Waals surface area (Å²) < 4.78 is 37.3. The first-order chi connectivity index (χ1) is 16.6. The molecule has 0 saturated carbocycles. The summed E-state index contributed by atoms with van der Waals surface area (Å²) in [5.41, 5.74) is 1.44. The van der Waals surface area contributed by atoms with Crippen LogP contribution in [-0.4, -0.2) is 39.7 Å². The second-order valence-electron chi connectivity index (χ2n) is 6.96. The van der Waals surface area contributed by atoms with Crippen LogP contribution in [0.5, 0.6) is 0 Å². The van der Waals surface area contributed by atoms with E-state index in [9.17, 15) is 18.0 Å². The maximum atomic E-state index is 12.6. The van der Waals surface area contributed by atoms with Crippen molar-refractivity contribution in [2.24, 2.45) is 0 Å². The van der Waals surface area contributed by atoms with E-state index in [2.05, 4.69) is 15.4 Å². The van der Waals surface area contributed by atoms with E-state index < -0.39 is 22.0 Å². The number of esters is 2. The lowest BCUT2D eigenvalue weighted by atomic mass is 10.1. The van der Waals surface area contributed by atoms with Crippen LogP contribution < -0.4 is 15.4 Å². The Morgan fingerprint density at radius 2 is 1.49 bits per heavy atom. The number of halogens is 1. The Balaban J connectivity index is 1.74. The molecule has 13 heteroatoms. The van der Waals surface area contributed by atoms with E-state index in [4.69, 9.17) is 33.3 Å². The van der Waals surface area contributed by atoms with Gasteiger partial charge in [0.2, 0.25) is 0 Å². The van der Waals surface area contributed by atoms with Gasteiger partial charge in [-0.05, 0) is 73.2 Å². The summed E-state index contributed by atoms with van der Waals surface area (Å²) in [6.07, 6.45) is 0. The zero-order valence-electron chi connectivity index (χ0n) is 18.7. The first-order valence-electron chi connectivity index (χ1n) is 9.82. The van der Waals surface area contributed by atoms with Crippen LogP contribution in [0.1, 0.15) is 25.6 Å². The summed E-state index contributed by atoms with van der Waals surface area (Å²) in [6.45, 7) is 1.61. The summed E-state index contributed by atoms with van der Waals surface area (Å²) in [7, 11) is -1.34. The molecule has 0 aliphatic rings. The molecule has 3 N–H and O–H groups in total. The predicted octanol–water partition coefficient (Wildman–Crippen LogP) is 4.89. The molecule has 0 fully saturated rings. The van der Waals surface area contributed by atoms with Gasteiger partial charge in [-0.2, -0.15) is 0 Å². The van der Waals surface area contributed by atoms with E-state index in [1.165, 1.54) is 38.5 Å². The minimum atomic E-state index is -3.81. The number of carbonyl (C=O) groups excluding carboxylic acids is 2. The molecule has 0 radical (unpaired) electrons. The van der Waals surface area contributed by atoms with Gasteiger partial charge in [0, 0.05) is 16.4 Å². The van der Waals surface area contributed by atoms with Crippen LogP contribution >= 0.6 is 35.2 Å². The lowest BCUT2D eigenvalue weighted by Gasteiger charge is -2.12. The third-order valence-corrected chi connectivity index (χ3v) is 7.69. The SMILES string of the molecule is COC(=O)c1sc(NC(=S)Nc2ccc(S(=O)(=O)Nc3ccc(Cl)cc3)cc2)c(C(=O)OC)c1C. The Bertz CT molecular complexity index is 1370. The fraction of sp³-hybridized carbons (Fsp3) is 0.136. The van der Waals surface area contributed by atoms with Gasteiger partial charge in [-0.25, -0.2) is 18.0 Å². The van der Waals surface area contributed by atoms with Gasteiger partial charge in [0.25, 0.3) is 10.0 Å². The molecule has 35 heavy (non-hydrogen) atoms. The molecule has 0 bridgehead atoms. The van der Waals surface area contributed by atoms with Crippen molar-refractivity contribution in [1.29, 1.82) is 0 Å². The fourth-order valence-corrected chi connectivity index (χ4v) is 5.54. The monoisotopic (exact) mass is 553 g/mol. The van der Waals surface area contributed by atoms with Crippen LogP contribution in [0, 0.1) is 6.92 Å². The molecule has 0 amide bonds. The number of rotatable bonds is 7. The Morgan fingerprint density at radius 3 is 2.06 bits per heavy atom. The van der Waals surface area contributed by atoms with Crippen molar-refractivity contribution < 1.29 is 27.5 Å². The van der Waals surface area contributed by atoms with E-state index in [0.717, 1.165) is 11.3 Å². The Kier molecular flexibility index (Phi) is 8.33. The molecule has 0 atom stereocenters. The quantitative estimate of drug-likeness (QED) is 0.277. The van der Waals surface area contributed by atoms with Gasteiger partial charge in [0.1, 0.15) is 9.88 Å². The number of ether oxygens (including phenoxy) is 2. The molecular formula is C22H20ClN3O6S3. The van der Waals surface area contributed by atoms with Crippen molar-refractivity contribution in [3.63, 3.8) is 0 Å². The zero-order valence-corrected chi connectivity index (χ0v) is 21.9. The summed E-state index contributed by atoms with van der Waals surface area (Å²) in [5.74, 6) is -1.23. The average Bonchev–Trinajstić information content (AvgIpc) is 3.15. The highest BCUT2D eigenvalue weighted by atomic mass is 35.5. The van der Waals surface area contributed by atoms with Crippen LogP contribution in [0.15, 0.2) is 53.4 Å². The number of hydrogen-bond acceptors (Lipinski definition) is 8. The highest BCUT2D eigenvalue weighted by Gasteiger charge is 2.26. The maximum absolute atomic E-state index is 12.6. The lowest BCUT2D eigenvalue weighted by Crippen LogP contribution is -2.20. The van der Waals surface area contributed by atoms with E-state index in [0.29, 0.717) is 27.0 Å². The second kappa shape index (κ2) is 11.0. The van der Waals surface area contributed by atoms with Crippen LogP contribution in [0.4, 0.5) is 16.4 Å². The minimum absolute atomic E-state index is 0.0430. The zero-order chi connectivity index (χ0) is 25.8. The standard InChI is InChI=1S/C22H20ClN3O6S3/c1-12-17(20(27)31-2)19(34-18(12)21(28)32-3)25-22(33)24-14-8-10-16(11-9-14)35(29,30)26-15-6-4-13(23)5-7-15/h4-11,26H,1-3H3,(H2,24,25,33). The summed E-state index contributed by atoms with van der Waals surface area (Å²) >= 11 is 12.2. The van der Waals surface area contributed by atoms with Gasteiger partial charge in [-0.1, -0.05) is 11.6 Å². The Hall–Kier alpha value is -3.19. The summed E-state index contributed by atoms with van der Waals surface area (Å²) in [5, 5.41) is 6.70. The molecule has 0 saturated heterocycles. The number of sulfonamides is 1. The van der Waals surface area contributed by atoms with Crippen LogP contribution in [0.2, 0.25) is 5.02 Å². The van der Waals surface area contributed by atoms with E-state index in [1.807, 2.05) is 0 Å². The third kappa shape index (κ3) is 6.28. The highest BCUT2D eigenvalue weighted by molar-refractivity contribution is 7.92. The number of hydrogen-bond donors (Lipinski definition) is 3. The molecule has 3 aromatic rings. The van der Waals surface area contributed by atoms with Crippen molar-refractivity contribution in [1.82, 2.24) is 0 Å². The second-order valence-corrected chi connectivity index (χ2v) is 10.5. The van der Waals surface area contributed by atoms with Crippen LogP contribution in [0.3, 0.4) is 0 Å². The van der Waals surface area contributed by atoms with Crippen molar-refractivity contribution in [2.45, 2.75) is 11.8 Å². The molecule has 9 nitrogen and oxygen atoms in total. The number of methoxy groups -OCH3 is 2. The van der Waals surface area contributed by atoms with Crippen LogP contribution in [0.25, 0.3) is 0 Å². The molecule has 184 valence electrons.